The molecule has 16 rings (SSSR count). The second-order valence-corrected chi connectivity index (χ2v) is 31.1. The van der Waals surface area contributed by atoms with Gasteiger partial charge in [0.2, 0.25) is 0 Å². The lowest BCUT2D eigenvalue weighted by Gasteiger charge is -2.48. The van der Waals surface area contributed by atoms with Crippen LogP contribution in [0.1, 0.15) is 105 Å². The third-order valence-electron chi connectivity index (χ3n) is 19.1. The van der Waals surface area contributed by atoms with Crippen molar-refractivity contribution in [2.75, 3.05) is 9.80 Å². The van der Waals surface area contributed by atoms with E-state index >= 15 is 0 Å². The number of nitrogens with zero attached hydrogens (tertiary/aromatic N) is 3. The molecule has 430 valence electrons. The predicted octanol–water partition coefficient (Wildman–Crippen LogP) is 21.7. The highest BCUT2D eigenvalue weighted by Gasteiger charge is 2.49. The quantitative estimate of drug-likeness (QED) is 0.152. The fraction of sp³-hybridized carbons (Fsp3) is 0.195. The van der Waals surface area contributed by atoms with Gasteiger partial charge in [0, 0.05) is 75.4 Å². The highest BCUT2D eigenvalue weighted by Crippen LogP contribution is 2.59. The van der Waals surface area contributed by atoms with Crippen molar-refractivity contribution >= 4 is 103 Å². The van der Waals surface area contributed by atoms with Crippen molar-refractivity contribution in [3.05, 3.63) is 241 Å². The molecule has 0 saturated heterocycles. The van der Waals surface area contributed by atoms with Gasteiger partial charge < -0.3 is 14.4 Å². The number of hydrogen-bond donors (Lipinski definition) is 0. The van der Waals surface area contributed by atoms with Crippen molar-refractivity contribution in [2.45, 2.75) is 124 Å². The van der Waals surface area contributed by atoms with Crippen LogP contribution in [0.25, 0.3) is 72.0 Å². The largest absolute Gasteiger partial charge is 0.310 e. The molecule has 4 aliphatic rings. The topological polar surface area (TPSA) is 11.4 Å². The first kappa shape index (κ1) is 54.9. The van der Waals surface area contributed by atoms with E-state index in [1.165, 1.54) is 159 Å². The van der Waals surface area contributed by atoms with Crippen molar-refractivity contribution in [1.82, 2.24) is 4.57 Å². The summed E-state index contributed by atoms with van der Waals surface area (Å²) in [4.78, 5) is 10.6. The van der Waals surface area contributed by atoms with Gasteiger partial charge in [0.1, 0.15) is 0 Å². The Kier molecular flexibility index (Phi) is 12.2. The van der Waals surface area contributed by atoms with E-state index in [1.54, 1.807) is 0 Å². The van der Waals surface area contributed by atoms with E-state index in [-0.39, 0.29) is 28.4 Å². The van der Waals surface area contributed by atoms with Crippen molar-refractivity contribution in [3.63, 3.8) is 0 Å². The predicted molar refractivity (Wildman–Crippen MR) is 380 cm³/mol. The molecule has 4 aliphatic heterocycles. The number of hydrogen-bond acceptors (Lipinski definition) is 4. The molecule has 12 aromatic rings. The summed E-state index contributed by atoms with van der Waals surface area (Å²) in [6.45, 7) is 28.7. The Bertz CT molecular complexity index is 4630. The van der Waals surface area contributed by atoms with E-state index in [1.807, 2.05) is 23.5 Å². The maximum Gasteiger partial charge on any atom is 0.252 e. The van der Waals surface area contributed by atoms with Gasteiger partial charge in [0.05, 0.1) is 28.1 Å². The van der Waals surface area contributed by atoms with E-state index in [0.717, 1.165) is 5.69 Å². The van der Waals surface area contributed by atoms with Crippen molar-refractivity contribution in [3.8, 4) is 50.2 Å². The molecule has 1 aromatic heterocycles. The summed E-state index contributed by atoms with van der Waals surface area (Å²) >= 11 is 3.81. The first-order chi connectivity index (χ1) is 42.2. The summed E-state index contributed by atoms with van der Waals surface area (Å²) in [5, 5.41) is 2.48. The molecule has 11 aromatic carbocycles. The van der Waals surface area contributed by atoms with E-state index in [9.17, 15) is 0 Å². The number of fused-ring (bicyclic) bond motifs is 19. The molecular formula is C82H72BN3S2. The Hall–Kier alpha value is -8.42. The smallest absolute Gasteiger partial charge is 0.252 e. The van der Waals surface area contributed by atoms with Crippen LogP contribution in [0.4, 0.5) is 34.1 Å². The highest BCUT2D eigenvalue weighted by atomic mass is 32.2. The third-order valence-corrected chi connectivity index (χ3v) is 21.4. The van der Waals surface area contributed by atoms with Gasteiger partial charge in [-0.2, -0.15) is 0 Å². The third kappa shape index (κ3) is 8.34. The summed E-state index contributed by atoms with van der Waals surface area (Å²) in [7, 11) is 0. The number of aromatic nitrogens is 1. The number of para-hydroxylation sites is 4. The van der Waals surface area contributed by atoms with Crippen LogP contribution in [0.2, 0.25) is 0 Å². The molecule has 0 N–H and O–H groups in total. The number of rotatable bonds is 1. The molecule has 88 heavy (non-hydrogen) atoms. The molecule has 0 bridgehead atoms. The van der Waals surface area contributed by atoms with Crippen LogP contribution >= 0.6 is 23.5 Å². The molecule has 0 saturated carbocycles. The molecule has 0 atom stereocenters. The van der Waals surface area contributed by atoms with Gasteiger partial charge in [-0.3, -0.25) is 0 Å². The van der Waals surface area contributed by atoms with Crippen LogP contribution in [0.3, 0.4) is 0 Å². The Balaban J connectivity index is 1.20. The average Bonchev–Trinajstić information content (AvgIpc) is 0.800. The zero-order valence-corrected chi connectivity index (χ0v) is 54.2. The highest BCUT2D eigenvalue weighted by molar-refractivity contribution is 8.00. The standard InChI is InChI=1S/C82H72BN3S2/c1-79(2,3)49-43-60-56-31-17-23-41-72(56)87-70-39-21-15-29-54(70)58-33-25-35-62(81(7,8)9)75(58)85-68-47-51(84-66-37-19-13-27-52(66)53-28-14-20-38-67(53)84)48-69-74(68)83(64(45-49)77(60)85)65-46-50(80(4,5)6)44-61-57-32-18-24-42-73(57)88-71-40-22-16-30-55(71)59-34-26-36-63(82(10,11)12)76(59)86(69)78(61)65/h13-48H,1-12H3. The van der Waals surface area contributed by atoms with Gasteiger partial charge in [0.15, 0.2) is 0 Å². The van der Waals surface area contributed by atoms with E-state index < -0.39 is 0 Å². The lowest BCUT2D eigenvalue weighted by atomic mass is 9.32. The molecule has 0 amide bonds. The summed E-state index contributed by atoms with van der Waals surface area (Å²) < 4.78 is 2.58. The van der Waals surface area contributed by atoms with Crippen LogP contribution in [0, 0.1) is 0 Å². The first-order valence-corrected chi connectivity index (χ1v) is 33.0. The summed E-state index contributed by atoms with van der Waals surface area (Å²) in [6.07, 6.45) is 0. The van der Waals surface area contributed by atoms with E-state index in [0.29, 0.717) is 0 Å². The normalized spacial score (nSPS) is 14.0. The molecule has 3 nitrogen and oxygen atoms in total. The maximum atomic E-state index is 2.81. The van der Waals surface area contributed by atoms with Crippen molar-refractivity contribution in [2.24, 2.45) is 0 Å². The van der Waals surface area contributed by atoms with E-state index in [4.69, 9.17) is 0 Å². The lowest BCUT2D eigenvalue weighted by Crippen LogP contribution is -2.62. The van der Waals surface area contributed by atoms with Crippen LogP contribution < -0.4 is 26.2 Å². The van der Waals surface area contributed by atoms with Crippen molar-refractivity contribution in [1.29, 1.82) is 0 Å². The fourth-order valence-corrected chi connectivity index (χ4v) is 17.1. The SMILES string of the molecule is CC(C)(C)c1cc2c3c(c1)-c1ccccc1Sc1ccccc1-c1cccc(C(C)(C)C)c1N3c1cc(-n3c4ccccc4c4ccccc43)cc3c1B2c1cc(C(C)(C)C)cc2c1N3c1c(cccc1C(C)(C)C)-c1ccccc1Sc1ccccc1-2. The summed E-state index contributed by atoms with van der Waals surface area (Å²) in [6, 6.07) is 85.0. The zero-order valence-electron chi connectivity index (χ0n) is 52.5. The lowest BCUT2D eigenvalue weighted by molar-refractivity contribution is 0.590. The van der Waals surface area contributed by atoms with Gasteiger partial charge in [-0.1, -0.05) is 264 Å². The summed E-state index contributed by atoms with van der Waals surface area (Å²) in [5.74, 6) is 0. The van der Waals surface area contributed by atoms with E-state index in [2.05, 4.69) is 316 Å². The van der Waals surface area contributed by atoms with Crippen molar-refractivity contribution < 1.29 is 0 Å². The minimum atomic E-state index is -0.273. The Morgan fingerprint density at radius 3 is 1.02 bits per heavy atom. The van der Waals surface area contributed by atoms with Crippen LogP contribution in [-0.4, -0.2) is 11.3 Å². The number of benzene rings is 11. The number of anilines is 6. The monoisotopic (exact) mass is 1170 g/mol. The zero-order chi connectivity index (χ0) is 60.5. The van der Waals surface area contributed by atoms with Crippen LogP contribution in [-0.2, 0) is 21.7 Å². The molecule has 0 radical (unpaired) electrons. The molecule has 0 unspecified atom stereocenters. The molecule has 6 heteroatoms. The average molecular weight is 1170 g/mol. The van der Waals surface area contributed by atoms with Crippen LogP contribution in [0.15, 0.2) is 238 Å². The molecule has 0 fully saturated rings. The maximum absolute atomic E-state index is 2.81. The molecule has 0 spiro atoms. The fourth-order valence-electron chi connectivity index (χ4n) is 14.9. The minimum Gasteiger partial charge on any atom is -0.310 e. The van der Waals surface area contributed by atoms with Gasteiger partial charge in [-0.15, -0.1) is 0 Å². The minimum absolute atomic E-state index is 0.207. The van der Waals surface area contributed by atoms with Gasteiger partial charge in [-0.05, 0) is 143 Å². The van der Waals surface area contributed by atoms with Gasteiger partial charge >= 0.3 is 0 Å². The second-order valence-electron chi connectivity index (χ2n) is 28.9. The van der Waals surface area contributed by atoms with Crippen LogP contribution in [0.5, 0.6) is 0 Å². The molecule has 5 heterocycles. The Morgan fingerprint density at radius 2 is 0.648 bits per heavy atom. The Morgan fingerprint density at radius 1 is 0.307 bits per heavy atom. The van der Waals surface area contributed by atoms with Gasteiger partial charge in [-0.25, -0.2) is 0 Å². The molecule has 0 aliphatic carbocycles. The van der Waals surface area contributed by atoms with Gasteiger partial charge in [0.25, 0.3) is 6.71 Å². The second kappa shape index (κ2) is 19.5. The molecular weight excluding hydrogens is 1100 g/mol. The Labute approximate surface area is 528 Å². The summed E-state index contributed by atoms with van der Waals surface area (Å²) in [5.41, 5.74) is 28.9. The first-order valence-electron chi connectivity index (χ1n) is 31.4.